The monoisotopic (exact) mass is 431 g/mol. The third-order valence-corrected chi connectivity index (χ3v) is 3.31. The van der Waals surface area contributed by atoms with E-state index in [1.54, 1.807) is 0 Å². The van der Waals surface area contributed by atoms with Crippen molar-refractivity contribution < 1.29 is 59.9 Å². The number of aromatic hydroxyl groups is 1. The molecule has 0 aliphatic carbocycles. The van der Waals surface area contributed by atoms with Crippen molar-refractivity contribution >= 4 is 5.91 Å². The van der Waals surface area contributed by atoms with E-state index in [9.17, 15) is 27.9 Å². The predicted molar refractivity (Wildman–Crippen MR) is 91.9 cm³/mol. The van der Waals surface area contributed by atoms with Crippen LogP contribution in [0, 0.1) is 13.5 Å². The number of hydrogen-bond donors (Lipinski definition) is 3. The van der Waals surface area contributed by atoms with Crippen molar-refractivity contribution in [3.8, 4) is 17.0 Å². The Labute approximate surface area is 176 Å². The second-order valence-electron chi connectivity index (χ2n) is 5.12. The summed E-state index contributed by atoms with van der Waals surface area (Å²) >= 11 is 0. The quantitative estimate of drug-likeness (QED) is 0.622. The summed E-state index contributed by atoms with van der Waals surface area (Å²) in [4.78, 5) is 26.2. The van der Waals surface area contributed by atoms with Gasteiger partial charge in [0.15, 0.2) is 0 Å². The summed E-state index contributed by atoms with van der Waals surface area (Å²) in [5, 5.41) is 12.3. The van der Waals surface area contributed by atoms with Crippen molar-refractivity contribution in [2.24, 2.45) is 0 Å². The molecule has 151 valence electrons. The number of H-pyrrole nitrogens is 1. The fraction of sp³-hybridized carbons (Fsp3) is 0.118. The van der Waals surface area contributed by atoms with Gasteiger partial charge in [0.2, 0.25) is 0 Å². The van der Waals surface area contributed by atoms with Crippen LogP contribution in [0.25, 0.3) is 11.3 Å². The average molecular weight is 431 g/mol. The van der Waals surface area contributed by atoms with Crippen LogP contribution in [-0.4, -0.2) is 33.0 Å². The van der Waals surface area contributed by atoms with Crippen molar-refractivity contribution in [2.75, 3.05) is 0 Å². The smallest absolute Gasteiger partial charge is 0.416 e. The first-order chi connectivity index (χ1) is 11.6. The minimum absolute atomic E-state index is 0. The molecule has 7 nitrogen and oxygen atoms in total. The van der Waals surface area contributed by atoms with Crippen molar-refractivity contribution in [3.05, 3.63) is 71.4 Å². The molecule has 1 heterocycles. The number of alkyl halides is 3. The van der Waals surface area contributed by atoms with Gasteiger partial charge in [-0.05, 0) is 12.1 Å². The Morgan fingerprint density at radius 3 is 2.25 bits per heavy atom. The molecule has 0 spiro atoms. The topological polar surface area (TPSA) is 145 Å². The van der Waals surface area contributed by atoms with Crippen LogP contribution in [0.1, 0.15) is 15.9 Å². The number of benzene rings is 1. The maximum absolute atomic E-state index is 12.6. The Balaban J connectivity index is 0. The van der Waals surface area contributed by atoms with Crippen LogP contribution < -0.4 is 10.9 Å². The van der Waals surface area contributed by atoms with E-state index < -0.39 is 35.0 Å². The van der Waals surface area contributed by atoms with E-state index in [2.05, 4.69) is 17.2 Å². The maximum atomic E-state index is 12.6. The van der Waals surface area contributed by atoms with Gasteiger partial charge in [0.25, 0.3) is 11.5 Å². The third kappa shape index (κ3) is 6.43. The van der Waals surface area contributed by atoms with E-state index in [4.69, 9.17) is 6.58 Å². The zero-order chi connectivity index (χ0) is 18.8. The van der Waals surface area contributed by atoms with Gasteiger partial charge in [-0.2, -0.15) is 13.2 Å². The molecule has 0 fully saturated rings. The molecule has 0 unspecified atom stereocenters. The first-order valence-corrected chi connectivity index (χ1v) is 6.96. The fourth-order valence-electron chi connectivity index (χ4n) is 2.03. The van der Waals surface area contributed by atoms with Crippen LogP contribution in [-0.2, 0) is 32.0 Å². The summed E-state index contributed by atoms with van der Waals surface area (Å²) in [7, 11) is 0. The van der Waals surface area contributed by atoms with Gasteiger partial charge in [-0.15, -0.1) is 6.04 Å². The minimum Gasteiger partial charge on any atom is -0.519 e. The molecule has 1 aromatic heterocycles. The molecule has 0 saturated heterocycles. The van der Waals surface area contributed by atoms with Gasteiger partial charge < -0.3 is 39.9 Å². The van der Waals surface area contributed by atoms with Gasteiger partial charge >= 0.3 is 6.18 Å². The normalized spacial score (nSPS) is 11.1. The zero-order valence-corrected chi connectivity index (χ0v) is 16.1. The molecule has 7 N–H and O–H groups in total. The van der Waals surface area contributed by atoms with E-state index >= 15 is 0 Å². The second kappa shape index (κ2) is 10.9. The first kappa shape index (κ1) is 28.0. The van der Waals surface area contributed by atoms with Crippen LogP contribution in [0.3, 0.4) is 0 Å². The Morgan fingerprint density at radius 2 is 1.79 bits per heavy atom. The van der Waals surface area contributed by atoms with E-state index in [0.717, 1.165) is 36.4 Å². The number of hydrogen-bond acceptors (Lipinski definition) is 3. The number of nitrogens with one attached hydrogen (secondary N) is 2. The Morgan fingerprint density at radius 1 is 1.25 bits per heavy atom. The summed E-state index contributed by atoms with van der Waals surface area (Å²) in [5.74, 6) is -1.28. The fourth-order valence-corrected chi connectivity index (χ4v) is 2.03. The number of aromatic amines is 1. The summed E-state index contributed by atoms with van der Waals surface area (Å²) < 4.78 is 37.7. The number of rotatable bonds is 4. The van der Waals surface area contributed by atoms with E-state index in [0.29, 0.717) is 0 Å². The second-order valence-corrected chi connectivity index (χ2v) is 5.12. The van der Waals surface area contributed by atoms with Crippen molar-refractivity contribution in [2.45, 2.75) is 12.2 Å². The summed E-state index contributed by atoms with van der Waals surface area (Å²) in [5.41, 5.74) is -2.03. The summed E-state index contributed by atoms with van der Waals surface area (Å²) in [6, 6.07) is 4.01. The standard InChI is InChI=1S/C17H13F3N2O3.2H2O.Sc/c1-3-9(2)21-15(24)12-8-13(23)14(22-16(12)25)10-4-6-11(7-5-10)17(18,19)20;;;/h1,3-9,23H,2H2,(H,21,24)(H,22,25);2*1H2;/q-2;;;/t9-;;;/m0.../s1. The molecule has 1 amide bonds. The zero-order valence-electron chi connectivity index (χ0n) is 14.3. The maximum Gasteiger partial charge on any atom is 0.416 e. The van der Waals surface area contributed by atoms with Crippen LogP contribution >= 0.6 is 0 Å². The molecule has 0 aliphatic heterocycles. The molecule has 1 atom stereocenters. The van der Waals surface area contributed by atoms with Crippen LogP contribution in [0.15, 0.2) is 41.2 Å². The number of aromatic nitrogens is 1. The van der Waals surface area contributed by atoms with Gasteiger partial charge in [0.05, 0.1) is 11.3 Å². The van der Waals surface area contributed by atoms with Gasteiger partial charge in [0, 0.05) is 37.5 Å². The Bertz CT molecular complexity index is 867. The molecule has 11 heteroatoms. The third-order valence-electron chi connectivity index (χ3n) is 3.31. The number of halogens is 3. The van der Waals surface area contributed by atoms with Crippen LogP contribution in [0.5, 0.6) is 5.75 Å². The molecule has 2 aromatic rings. The van der Waals surface area contributed by atoms with Gasteiger partial charge in [-0.1, -0.05) is 12.1 Å². The minimum atomic E-state index is -4.50. The van der Waals surface area contributed by atoms with Crippen molar-refractivity contribution in [1.82, 2.24) is 10.3 Å². The molecule has 0 aliphatic rings. The number of carbonyl (C=O) groups is 1. The number of carbonyl (C=O) groups excluding carboxylic acids is 1. The average Bonchev–Trinajstić information content (AvgIpc) is 2.55. The van der Waals surface area contributed by atoms with E-state index in [1.165, 1.54) is 0 Å². The molecule has 1 aromatic carbocycles. The number of amides is 1. The van der Waals surface area contributed by atoms with Crippen LogP contribution in [0.4, 0.5) is 13.2 Å². The van der Waals surface area contributed by atoms with Gasteiger partial charge in [-0.25, -0.2) is 0 Å². The van der Waals surface area contributed by atoms with Gasteiger partial charge in [-0.3, -0.25) is 15.7 Å². The van der Waals surface area contributed by atoms with E-state index in [-0.39, 0.29) is 53.6 Å². The first-order valence-electron chi connectivity index (χ1n) is 6.96. The molecule has 2 rings (SSSR count). The van der Waals surface area contributed by atoms with E-state index in [1.807, 2.05) is 0 Å². The SMILES string of the molecule is O.O.[CH-]=C[C@H]([CH2-])NC(=O)c1cc(O)c(-c2ccc(C(F)(F)F)cc2)[nH]c1=O.[Sc]. The predicted octanol–water partition coefficient (Wildman–Crippen LogP) is 1.04. The van der Waals surface area contributed by atoms with Crippen molar-refractivity contribution in [1.29, 1.82) is 0 Å². The van der Waals surface area contributed by atoms with Gasteiger partial charge in [0.1, 0.15) is 11.3 Å². The van der Waals surface area contributed by atoms with Crippen LogP contribution in [0.2, 0.25) is 0 Å². The largest absolute Gasteiger partial charge is 0.519 e. The Kier molecular flexibility index (Phi) is 10.9. The summed E-state index contributed by atoms with van der Waals surface area (Å²) in [6.45, 7) is 8.68. The van der Waals surface area contributed by atoms with Crippen molar-refractivity contribution in [3.63, 3.8) is 0 Å². The molecular weight excluding hydrogens is 414 g/mol. The molecule has 1 radical (unpaired) electrons. The summed E-state index contributed by atoms with van der Waals surface area (Å²) in [6.07, 6.45) is -3.40. The molecule has 0 bridgehead atoms. The molecule has 0 saturated carbocycles. The Hall–Kier alpha value is -2.24. The molecule has 28 heavy (non-hydrogen) atoms. The number of pyridine rings is 1. The molecular formula is C17H17F3N2O5Sc-2.